The number of hydrogen-bond donors (Lipinski definition) is 1. The Morgan fingerprint density at radius 3 is 2.52 bits per heavy atom. The molecular formula is C21H36IN3O3S. The van der Waals surface area contributed by atoms with Gasteiger partial charge in [0.25, 0.3) is 0 Å². The van der Waals surface area contributed by atoms with E-state index in [0.29, 0.717) is 26.2 Å². The third kappa shape index (κ3) is 7.71. The van der Waals surface area contributed by atoms with Crippen molar-refractivity contribution in [2.24, 2.45) is 4.99 Å². The Hall–Kier alpha value is -0.870. The Kier molecular flexibility index (Phi) is 9.42. The molecule has 166 valence electrons. The van der Waals surface area contributed by atoms with Crippen LogP contribution in [0.15, 0.2) is 29.3 Å². The van der Waals surface area contributed by atoms with Gasteiger partial charge in [0, 0.05) is 19.6 Å². The van der Waals surface area contributed by atoms with Crippen LogP contribution in [-0.2, 0) is 27.7 Å². The average Bonchev–Trinajstić information content (AvgIpc) is 2.59. The second kappa shape index (κ2) is 10.4. The predicted molar refractivity (Wildman–Crippen MR) is 131 cm³/mol. The van der Waals surface area contributed by atoms with Gasteiger partial charge in [-0.15, -0.1) is 24.0 Å². The molecule has 0 saturated carbocycles. The van der Waals surface area contributed by atoms with Crippen molar-refractivity contribution in [1.29, 1.82) is 0 Å². The number of benzene rings is 1. The lowest BCUT2D eigenvalue weighted by molar-refractivity contribution is -0.0149. The first-order valence-corrected chi connectivity index (χ1v) is 11.6. The number of ether oxygens (including phenoxy) is 1. The van der Waals surface area contributed by atoms with Crippen molar-refractivity contribution in [3.05, 3.63) is 35.4 Å². The maximum Gasteiger partial charge on any atom is 0.194 e. The van der Waals surface area contributed by atoms with Crippen molar-refractivity contribution in [2.45, 2.75) is 65.0 Å². The summed E-state index contributed by atoms with van der Waals surface area (Å²) in [7, 11) is -3.07. The van der Waals surface area contributed by atoms with Crippen LogP contribution in [0.4, 0.5) is 0 Å². The smallest absolute Gasteiger partial charge is 0.194 e. The summed E-state index contributed by atoms with van der Waals surface area (Å²) < 4.78 is 29.6. The van der Waals surface area contributed by atoms with Crippen LogP contribution in [0.3, 0.4) is 0 Å². The monoisotopic (exact) mass is 537 g/mol. The first-order valence-electron chi connectivity index (χ1n) is 9.91. The fourth-order valence-electron chi connectivity index (χ4n) is 3.03. The van der Waals surface area contributed by atoms with Gasteiger partial charge in [-0.05, 0) is 52.7 Å². The van der Waals surface area contributed by atoms with E-state index in [-0.39, 0.29) is 35.3 Å². The molecule has 6 nitrogen and oxygen atoms in total. The van der Waals surface area contributed by atoms with Crippen molar-refractivity contribution < 1.29 is 13.2 Å². The Morgan fingerprint density at radius 1 is 1.28 bits per heavy atom. The minimum atomic E-state index is -3.07. The topological polar surface area (TPSA) is 71.0 Å². The number of halogens is 1. The molecule has 0 radical (unpaired) electrons. The van der Waals surface area contributed by atoms with E-state index in [1.54, 1.807) is 13.8 Å². The summed E-state index contributed by atoms with van der Waals surface area (Å²) in [5.41, 5.74) is 2.06. The minimum Gasteiger partial charge on any atom is -0.371 e. The first kappa shape index (κ1) is 26.2. The van der Waals surface area contributed by atoms with Gasteiger partial charge in [0.1, 0.15) is 0 Å². The summed E-state index contributed by atoms with van der Waals surface area (Å²) in [4.78, 5) is 6.82. The number of nitrogens with zero attached hydrogens (tertiary/aromatic N) is 2. The molecule has 0 bridgehead atoms. The van der Waals surface area contributed by atoms with Crippen molar-refractivity contribution in [3.63, 3.8) is 0 Å². The van der Waals surface area contributed by atoms with Gasteiger partial charge in [-0.2, -0.15) is 0 Å². The fraction of sp³-hybridized carbons (Fsp3) is 0.667. The fourth-order valence-corrected chi connectivity index (χ4v) is 4.40. The first-order chi connectivity index (χ1) is 12.9. The molecule has 1 N–H and O–H groups in total. The lowest BCUT2D eigenvalue weighted by Gasteiger charge is -2.39. The van der Waals surface area contributed by atoms with Gasteiger partial charge >= 0.3 is 0 Å². The van der Waals surface area contributed by atoms with Crippen LogP contribution in [0.5, 0.6) is 0 Å². The van der Waals surface area contributed by atoms with E-state index >= 15 is 0 Å². The van der Waals surface area contributed by atoms with E-state index in [4.69, 9.17) is 9.73 Å². The van der Waals surface area contributed by atoms with Crippen LogP contribution in [0, 0.1) is 0 Å². The third-order valence-electron chi connectivity index (χ3n) is 4.75. The summed E-state index contributed by atoms with van der Waals surface area (Å²) in [6, 6.07) is 8.25. The number of guanidine groups is 1. The van der Waals surface area contributed by atoms with Gasteiger partial charge < -0.3 is 15.0 Å². The van der Waals surface area contributed by atoms with E-state index in [2.05, 4.69) is 28.4 Å². The molecule has 8 heteroatoms. The van der Waals surface area contributed by atoms with Gasteiger partial charge in [0.15, 0.2) is 15.8 Å². The molecule has 1 aromatic carbocycles. The molecule has 0 spiro atoms. The van der Waals surface area contributed by atoms with Crippen LogP contribution < -0.4 is 5.32 Å². The highest BCUT2D eigenvalue weighted by molar-refractivity contribution is 14.0. The lowest BCUT2D eigenvalue weighted by Crippen LogP contribution is -2.57. The standard InChI is InChI=1S/C21H35N3O3S.HI/c1-7-22-19(24-11-12-28(25,26)21(5,6)16-24)23-14-17-9-8-10-18(13-17)15-27-20(2,3)4;/h8-10,13H,7,11-12,14-16H2,1-6H3,(H,22,23);1H. The Bertz CT molecular complexity index is 802. The molecule has 0 aromatic heterocycles. The zero-order valence-corrected chi connectivity index (χ0v) is 21.6. The second-order valence-corrected chi connectivity index (χ2v) is 11.6. The molecular weight excluding hydrogens is 501 g/mol. The SMILES string of the molecule is CCNC(=NCc1cccc(COC(C)(C)C)c1)N1CCS(=O)(=O)C(C)(C)C1.I. The van der Waals surface area contributed by atoms with Crippen molar-refractivity contribution in [3.8, 4) is 0 Å². The molecule has 0 unspecified atom stereocenters. The van der Waals surface area contributed by atoms with Crippen molar-refractivity contribution >= 4 is 39.8 Å². The van der Waals surface area contributed by atoms with Crippen LogP contribution in [0.2, 0.25) is 0 Å². The number of sulfone groups is 1. The van der Waals surface area contributed by atoms with Gasteiger partial charge in [-0.1, -0.05) is 24.3 Å². The Morgan fingerprint density at radius 2 is 1.93 bits per heavy atom. The molecule has 0 amide bonds. The maximum atomic E-state index is 12.3. The average molecular weight is 538 g/mol. The van der Waals surface area contributed by atoms with Crippen molar-refractivity contribution in [2.75, 3.05) is 25.4 Å². The molecule has 1 aliphatic rings. The van der Waals surface area contributed by atoms with E-state index in [1.165, 1.54) is 0 Å². The van der Waals surface area contributed by atoms with Gasteiger partial charge in [0.2, 0.25) is 0 Å². The molecule has 1 saturated heterocycles. The molecule has 0 atom stereocenters. The minimum absolute atomic E-state index is 0. The molecule has 1 aliphatic heterocycles. The van der Waals surface area contributed by atoms with Gasteiger partial charge in [-0.3, -0.25) is 0 Å². The van der Waals surface area contributed by atoms with Crippen LogP contribution >= 0.6 is 24.0 Å². The maximum absolute atomic E-state index is 12.3. The van der Waals surface area contributed by atoms with E-state index in [1.807, 2.05) is 33.8 Å². The number of rotatable bonds is 5. The Labute approximate surface area is 193 Å². The van der Waals surface area contributed by atoms with E-state index in [9.17, 15) is 8.42 Å². The highest BCUT2D eigenvalue weighted by Crippen LogP contribution is 2.24. The highest BCUT2D eigenvalue weighted by Gasteiger charge is 2.40. The molecule has 1 heterocycles. The normalized spacial score (nSPS) is 18.8. The van der Waals surface area contributed by atoms with Gasteiger partial charge in [0.05, 0.1) is 29.3 Å². The number of aliphatic imine (C=N–C) groups is 1. The van der Waals surface area contributed by atoms with E-state index in [0.717, 1.165) is 23.6 Å². The Balaban J connectivity index is 0.00000420. The van der Waals surface area contributed by atoms with Crippen LogP contribution in [0.1, 0.15) is 52.7 Å². The van der Waals surface area contributed by atoms with Gasteiger partial charge in [-0.25, -0.2) is 13.4 Å². The zero-order chi connectivity index (χ0) is 21.0. The lowest BCUT2D eigenvalue weighted by atomic mass is 10.1. The molecule has 1 fully saturated rings. The summed E-state index contributed by atoms with van der Waals surface area (Å²) >= 11 is 0. The quantitative estimate of drug-likeness (QED) is 0.353. The molecule has 0 aliphatic carbocycles. The zero-order valence-electron chi connectivity index (χ0n) is 18.5. The van der Waals surface area contributed by atoms with E-state index < -0.39 is 14.6 Å². The number of nitrogens with one attached hydrogen (secondary N) is 1. The van der Waals surface area contributed by atoms with Crippen LogP contribution in [0.25, 0.3) is 0 Å². The summed E-state index contributed by atoms with van der Waals surface area (Å²) in [5, 5.41) is 3.30. The third-order valence-corrected chi connectivity index (χ3v) is 7.29. The largest absolute Gasteiger partial charge is 0.371 e. The number of hydrogen-bond acceptors (Lipinski definition) is 4. The van der Waals surface area contributed by atoms with Crippen LogP contribution in [-0.4, -0.2) is 55.0 Å². The summed E-state index contributed by atoms with van der Waals surface area (Å²) in [5.74, 6) is 0.922. The highest BCUT2D eigenvalue weighted by atomic mass is 127. The summed E-state index contributed by atoms with van der Waals surface area (Å²) in [6.45, 7) is 14.5. The predicted octanol–water partition coefficient (Wildman–Crippen LogP) is 3.59. The van der Waals surface area contributed by atoms with Crippen molar-refractivity contribution in [1.82, 2.24) is 10.2 Å². The summed E-state index contributed by atoms with van der Waals surface area (Å²) in [6.07, 6.45) is 0. The molecule has 29 heavy (non-hydrogen) atoms. The molecule has 2 rings (SSSR count). The second-order valence-electron chi connectivity index (χ2n) is 8.89. The molecule has 1 aromatic rings.